The van der Waals surface area contributed by atoms with Crippen LogP contribution in [-0.4, -0.2) is 23.3 Å². The number of pyridine rings is 1. The van der Waals surface area contributed by atoms with E-state index in [-0.39, 0.29) is 11.8 Å². The van der Waals surface area contributed by atoms with Gasteiger partial charge in [-0.3, -0.25) is 9.69 Å². The molecule has 4 heteroatoms. The minimum atomic E-state index is 0.128. The molecule has 0 aliphatic carbocycles. The van der Waals surface area contributed by atoms with Crippen LogP contribution in [0, 0.1) is 19.8 Å². The van der Waals surface area contributed by atoms with Crippen molar-refractivity contribution >= 4 is 23.3 Å². The van der Waals surface area contributed by atoms with Crippen molar-refractivity contribution in [3.05, 3.63) is 23.4 Å². The van der Waals surface area contributed by atoms with Crippen LogP contribution < -0.4 is 4.90 Å². The number of aryl methyl sites for hydroxylation is 2. The van der Waals surface area contributed by atoms with Crippen LogP contribution in [0.25, 0.3) is 0 Å². The number of hydrogen-bond donors (Lipinski definition) is 0. The maximum atomic E-state index is 11.8. The summed E-state index contributed by atoms with van der Waals surface area (Å²) in [6.45, 7) is 4.64. The minimum Gasteiger partial charge on any atom is -0.296 e. The van der Waals surface area contributed by atoms with E-state index in [9.17, 15) is 4.79 Å². The molecular formula is C12H15ClN2O. The monoisotopic (exact) mass is 238 g/mol. The molecule has 16 heavy (non-hydrogen) atoms. The summed E-state index contributed by atoms with van der Waals surface area (Å²) >= 11 is 5.79. The van der Waals surface area contributed by atoms with Gasteiger partial charge in [-0.05, 0) is 37.5 Å². The number of amides is 1. The molecule has 3 nitrogen and oxygen atoms in total. The van der Waals surface area contributed by atoms with E-state index in [1.54, 1.807) is 4.90 Å². The van der Waals surface area contributed by atoms with E-state index in [0.717, 1.165) is 17.1 Å². The van der Waals surface area contributed by atoms with Crippen molar-refractivity contribution in [2.75, 3.05) is 17.3 Å². The van der Waals surface area contributed by atoms with Crippen LogP contribution in [0.5, 0.6) is 0 Å². The maximum Gasteiger partial charge on any atom is 0.228 e. The normalized spacial score (nSPS) is 20.6. The fraction of sp³-hybridized carbons (Fsp3) is 0.500. The van der Waals surface area contributed by atoms with Gasteiger partial charge < -0.3 is 0 Å². The molecule has 1 atom stereocenters. The van der Waals surface area contributed by atoms with Crippen molar-refractivity contribution in [2.24, 2.45) is 5.92 Å². The number of nitrogens with zero attached hydrogens (tertiary/aromatic N) is 2. The number of alkyl halides is 1. The van der Waals surface area contributed by atoms with Crippen LogP contribution in [0.1, 0.15) is 17.7 Å². The number of aromatic nitrogens is 1. The lowest BCUT2D eigenvalue weighted by atomic mass is 10.1. The molecule has 0 N–H and O–H groups in total. The van der Waals surface area contributed by atoms with Gasteiger partial charge in [-0.2, -0.15) is 0 Å². The first kappa shape index (κ1) is 11.4. The number of rotatable bonds is 2. The summed E-state index contributed by atoms with van der Waals surface area (Å²) in [5.41, 5.74) is 2.07. The van der Waals surface area contributed by atoms with Gasteiger partial charge in [0.1, 0.15) is 5.82 Å². The first-order valence-electron chi connectivity index (χ1n) is 5.42. The van der Waals surface area contributed by atoms with E-state index >= 15 is 0 Å². The van der Waals surface area contributed by atoms with Crippen molar-refractivity contribution in [2.45, 2.75) is 20.3 Å². The Morgan fingerprint density at radius 1 is 1.50 bits per heavy atom. The van der Waals surface area contributed by atoms with E-state index in [1.807, 2.05) is 26.0 Å². The van der Waals surface area contributed by atoms with Gasteiger partial charge in [0.15, 0.2) is 0 Å². The van der Waals surface area contributed by atoms with Gasteiger partial charge >= 0.3 is 0 Å². The Bertz CT molecular complexity index is 399. The lowest BCUT2D eigenvalue weighted by Crippen LogP contribution is -2.25. The third-order valence-electron chi connectivity index (χ3n) is 2.78. The predicted octanol–water partition coefficient (Wildman–Crippen LogP) is 2.29. The zero-order valence-corrected chi connectivity index (χ0v) is 10.3. The second-order valence-corrected chi connectivity index (χ2v) is 4.68. The highest BCUT2D eigenvalue weighted by atomic mass is 35.5. The minimum absolute atomic E-state index is 0.128. The molecule has 1 aromatic heterocycles. The van der Waals surface area contributed by atoms with Gasteiger partial charge in [-0.1, -0.05) is 0 Å². The van der Waals surface area contributed by atoms with Crippen molar-refractivity contribution in [1.82, 2.24) is 4.98 Å². The zero-order valence-electron chi connectivity index (χ0n) is 9.53. The first-order chi connectivity index (χ1) is 7.60. The summed E-state index contributed by atoms with van der Waals surface area (Å²) in [5.74, 6) is 1.68. The molecule has 86 valence electrons. The largest absolute Gasteiger partial charge is 0.296 e. The SMILES string of the molecule is Cc1cc(C)nc(N2CC(CCl)CC2=O)c1. The molecule has 0 radical (unpaired) electrons. The number of anilines is 1. The van der Waals surface area contributed by atoms with Crippen LogP contribution in [0.2, 0.25) is 0 Å². The van der Waals surface area contributed by atoms with Gasteiger partial charge in [-0.15, -0.1) is 11.6 Å². The number of carbonyl (C=O) groups excluding carboxylic acids is 1. The summed E-state index contributed by atoms with van der Waals surface area (Å²) < 4.78 is 0. The van der Waals surface area contributed by atoms with Crippen molar-refractivity contribution in [1.29, 1.82) is 0 Å². The van der Waals surface area contributed by atoms with E-state index in [4.69, 9.17) is 11.6 Å². The van der Waals surface area contributed by atoms with Crippen molar-refractivity contribution < 1.29 is 4.79 Å². The Morgan fingerprint density at radius 2 is 2.25 bits per heavy atom. The molecule has 1 saturated heterocycles. The molecule has 1 aliphatic heterocycles. The summed E-state index contributed by atoms with van der Waals surface area (Å²) in [6, 6.07) is 3.95. The second kappa shape index (κ2) is 4.42. The van der Waals surface area contributed by atoms with Gasteiger partial charge in [0.05, 0.1) is 0 Å². The topological polar surface area (TPSA) is 33.2 Å². The molecule has 2 heterocycles. The van der Waals surface area contributed by atoms with Crippen LogP contribution in [0.4, 0.5) is 5.82 Å². The van der Waals surface area contributed by atoms with E-state index in [1.165, 1.54) is 0 Å². The third kappa shape index (κ3) is 2.19. The van der Waals surface area contributed by atoms with E-state index in [0.29, 0.717) is 18.8 Å². The smallest absolute Gasteiger partial charge is 0.228 e. The van der Waals surface area contributed by atoms with Crippen LogP contribution in [0.15, 0.2) is 12.1 Å². The molecule has 1 aliphatic rings. The van der Waals surface area contributed by atoms with Gasteiger partial charge in [-0.25, -0.2) is 4.98 Å². The Morgan fingerprint density at radius 3 is 2.81 bits per heavy atom. The van der Waals surface area contributed by atoms with Gasteiger partial charge in [0.2, 0.25) is 5.91 Å². The van der Waals surface area contributed by atoms with Crippen LogP contribution >= 0.6 is 11.6 Å². The molecule has 0 aromatic carbocycles. The highest BCUT2D eigenvalue weighted by Crippen LogP contribution is 2.25. The fourth-order valence-corrected chi connectivity index (χ4v) is 2.27. The number of halogens is 1. The van der Waals surface area contributed by atoms with Crippen LogP contribution in [0.3, 0.4) is 0 Å². The van der Waals surface area contributed by atoms with E-state index < -0.39 is 0 Å². The second-order valence-electron chi connectivity index (χ2n) is 4.37. The molecule has 1 amide bonds. The highest BCUT2D eigenvalue weighted by molar-refractivity contribution is 6.18. The average molecular weight is 239 g/mol. The highest BCUT2D eigenvalue weighted by Gasteiger charge is 2.30. The van der Waals surface area contributed by atoms with E-state index in [2.05, 4.69) is 4.98 Å². The molecule has 1 fully saturated rings. The Hall–Kier alpha value is -1.09. The predicted molar refractivity (Wildman–Crippen MR) is 64.9 cm³/mol. The first-order valence-corrected chi connectivity index (χ1v) is 5.95. The summed E-state index contributed by atoms with van der Waals surface area (Å²) in [5, 5.41) is 0. The molecular weight excluding hydrogens is 224 g/mol. The summed E-state index contributed by atoms with van der Waals surface area (Å²) in [4.78, 5) is 17.9. The quantitative estimate of drug-likeness (QED) is 0.741. The summed E-state index contributed by atoms with van der Waals surface area (Å²) in [6.07, 6.45) is 0.540. The maximum absolute atomic E-state index is 11.8. The molecule has 2 rings (SSSR count). The zero-order chi connectivity index (χ0) is 11.7. The Labute approximate surface area is 100 Å². The molecule has 0 spiro atoms. The number of carbonyl (C=O) groups is 1. The fourth-order valence-electron chi connectivity index (χ4n) is 2.06. The van der Waals surface area contributed by atoms with Crippen molar-refractivity contribution in [3.63, 3.8) is 0 Å². The van der Waals surface area contributed by atoms with Gasteiger partial charge in [0, 0.05) is 24.5 Å². The molecule has 0 saturated carbocycles. The lowest BCUT2D eigenvalue weighted by molar-refractivity contribution is -0.117. The van der Waals surface area contributed by atoms with Crippen molar-refractivity contribution in [3.8, 4) is 0 Å². The standard InChI is InChI=1S/C12H15ClN2O/c1-8-3-9(2)14-11(4-8)15-7-10(6-13)5-12(15)16/h3-4,10H,5-7H2,1-2H3. The number of hydrogen-bond acceptors (Lipinski definition) is 2. The van der Waals surface area contributed by atoms with Crippen LogP contribution in [-0.2, 0) is 4.79 Å². The molecule has 0 bridgehead atoms. The lowest BCUT2D eigenvalue weighted by Gasteiger charge is -2.16. The summed E-state index contributed by atoms with van der Waals surface area (Å²) in [7, 11) is 0. The molecule has 1 aromatic rings. The molecule has 1 unspecified atom stereocenters. The Balaban J connectivity index is 2.27. The average Bonchev–Trinajstić information content (AvgIpc) is 2.58. The third-order valence-corrected chi connectivity index (χ3v) is 3.22. The van der Waals surface area contributed by atoms with Gasteiger partial charge in [0.25, 0.3) is 0 Å². The Kier molecular flexibility index (Phi) is 3.15.